The van der Waals surface area contributed by atoms with E-state index < -0.39 is 0 Å². The van der Waals surface area contributed by atoms with Crippen LogP contribution in [0.3, 0.4) is 0 Å². The van der Waals surface area contributed by atoms with Crippen molar-refractivity contribution in [3.63, 3.8) is 0 Å². The number of nitrogens with one attached hydrogen (secondary N) is 1. The van der Waals surface area contributed by atoms with E-state index in [2.05, 4.69) is 46.0 Å². The molecule has 2 atom stereocenters. The van der Waals surface area contributed by atoms with Crippen molar-refractivity contribution in [1.82, 2.24) is 20.0 Å². The van der Waals surface area contributed by atoms with Crippen LogP contribution in [0.1, 0.15) is 31.9 Å². The second-order valence-electron chi connectivity index (χ2n) is 7.05. The maximum absolute atomic E-state index is 13.4. The lowest BCUT2D eigenvalue weighted by molar-refractivity contribution is -0.136. The smallest absolute Gasteiger partial charge is 0.244 e. The Morgan fingerprint density at radius 2 is 1.74 bits per heavy atom. The zero-order valence-electron chi connectivity index (χ0n) is 16.5. The molecule has 2 fully saturated rings. The molecule has 2 aliphatic rings. The molecule has 2 saturated heterocycles. The van der Waals surface area contributed by atoms with Crippen molar-refractivity contribution in [2.75, 3.05) is 52.4 Å². The highest BCUT2D eigenvalue weighted by atomic mass is 35.5. The predicted octanol–water partition coefficient (Wildman–Crippen LogP) is 2.42. The lowest BCUT2D eigenvalue weighted by Gasteiger charge is -2.34. The summed E-state index contributed by atoms with van der Waals surface area (Å²) in [6.45, 7) is 12.2. The third-order valence-electron chi connectivity index (χ3n) is 5.67. The minimum absolute atomic E-state index is 0. The predicted molar refractivity (Wildman–Crippen MR) is 116 cm³/mol. The fourth-order valence-electron chi connectivity index (χ4n) is 4.19. The summed E-state index contributed by atoms with van der Waals surface area (Å²) in [5, 5.41) is 3.41. The molecule has 1 aromatic rings. The molecule has 0 aliphatic carbocycles. The van der Waals surface area contributed by atoms with Crippen LogP contribution in [-0.2, 0) is 4.79 Å². The van der Waals surface area contributed by atoms with E-state index in [0.29, 0.717) is 6.04 Å². The van der Waals surface area contributed by atoms with Crippen molar-refractivity contribution >= 4 is 30.7 Å². The molecule has 2 unspecified atom stereocenters. The number of hydrogen-bond donors (Lipinski definition) is 1. The number of likely N-dealkylation sites (N-methyl/N-ethyl adjacent to an activating group) is 1. The fraction of sp³-hybridized carbons (Fsp3) is 0.650. The quantitative estimate of drug-likeness (QED) is 0.772. The van der Waals surface area contributed by atoms with E-state index in [9.17, 15) is 4.79 Å². The van der Waals surface area contributed by atoms with Gasteiger partial charge in [0.15, 0.2) is 0 Å². The molecule has 0 spiro atoms. The maximum Gasteiger partial charge on any atom is 0.244 e. The number of hydrogen-bond acceptors (Lipinski definition) is 4. The van der Waals surface area contributed by atoms with Crippen LogP contribution < -0.4 is 5.32 Å². The van der Waals surface area contributed by atoms with Gasteiger partial charge in [0.05, 0.1) is 0 Å². The van der Waals surface area contributed by atoms with E-state index in [-0.39, 0.29) is 36.8 Å². The summed E-state index contributed by atoms with van der Waals surface area (Å²) in [4.78, 5) is 20.3. The molecule has 5 nitrogen and oxygen atoms in total. The summed E-state index contributed by atoms with van der Waals surface area (Å²) in [5.41, 5.74) is 1.11. The molecule has 1 amide bonds. The molecule has 0 saturated carbocycles. The number of amides is 1. The van der Waals surface area contributed by atoms with Gasteiger partial charge in [-0.3, -0.25) is 14.6 Å². The van der Waals surface area contributed by atoms with Gasteiger partial charge in [-0.2, -0.15) is 0 Å². The zero-order chi connectivity index (χ0) is 17.6. The Labute approximate surface area is 176 Å². The van der Waals surface area contributed by atoms with Gasteiger partial charge in [0.1, 0.15) is 6.04 Å². The van der Waals surface area contributed by atoms with Crippen LogP contribution in [0, 0.1) is 0 Å². The lowest BCUT2D eigenvalue weighted by atomic mass is 10.0. The number of piperazine rings is 1. The number of likely N-dealkylation sites (tertiary alicyclic amines) is 1. The van der Waals surface area contributed by atoms with E-state index in [4.69, 9.17) is 0 Å². The molecular weight excluding hydrogens is 383 g/mol. The van der Waals surface area contributed by atoms with Crippen LogP contribution in [0.25, 0.3) is 0 Å². The van der Waals surface area contributed by atoms with Crippen LogP contribution in [-0.4, -0.2) is 79.0 Å². The Morgan fingerprint density at radius 1 is 1.11 bits per heavy atom. The monoisotopic (exact) mass is 416 g/mol. The average Bonchev–Trinajstić information content (AvgIpc) is 3.17. The number of rotatable bonds is 6. The normalized spacial score (nSPS) is 21.4. The first-order valence-corrected chi connectivity index (χ1v) is 9.77. The van der Waals surface area contributed by atoms with E-state index in [1.807, 2.05) is 18.2 Å². The van der Waals surface area contributed by atoms with Crippen molar-refractivity contribution in [2.24, 2.45) is 0 Å². The number of halogens is 2. The number of carbonyl (C=O) groups is 1. The van der Waals surface area contributed by atoms with Crippen molar-refractivity contribution in [2.45, 2.75) is 32.4 Å². The summed E-state index contributed by atoms with van der Waals surface area (Å²) in [6, 6.07) is 10.6. The number of benzene rings is 1. The summed E-state index contributed by atoms with van der Waals surface area (Å²) >= 11 is 0. The first-order valence-electron chi connectivity index (χ1n) is 9.77. The van der Waals surface area contributed by atoms with Crippen molar-refractivity contribution in [3.8, 4) is 0 Å². The van der Waals surface area contributed by atoms with Gasteiger partial charge >= 0.3 is 0 Å². The minimum Gasteiger partial charge on any atom is -0.339 e. The van der Waals surface area contributed by atoms with E-state index in [0.717, 1.165) is 64.3 Å². The van der Waals surface area contributed by atoms with E-state index in [1.165, 1.54) is 0 Å². The molecule has 2 aliphatic heterocycles. The van der Waals surface area contributed by atoms with Gasteiger partial charge in [-0.1, -0.05) is 44.2 Å². The summed E-state index contributed by atoms with van der Waals surface area (Å²) in [6.07, 6.45) is 1.10. The molecule has 7 heteroatoms. The zero-order valence-corrected chi connectivity index (χ0v) is 18.1. The molecule has 0 radical (unpaired) electrons. The first-order chi connectivity index (χ1) is 12.2. The Hall–Kier alpha value is -0.850. The van der Waals surface area contributed by atoms with Crippen molar-refractivity contribution < 1.29 is 4.79 Å². The Bertz CT molecular complexity index is 550. The molecule has 27 heavy (non-hydrogen) atoms. The number of nitrogens with zero attached hydrogens (tertiary/aromatic N) is 3. The topological polar surface area (TPSA) is 38.8 Å². The van der Waals surface area contributed by atoms with Crippen LogP contribution in [0.2, 0.25) is 0 Å². The van der Waals surface area contributed by atoms with Crippen LogP contribution in [0.15, 0.2) is 30.3 Å². The van der Waals surface area contributed by atoms with Crippen molar-refractivity contribution in [1.29, 1.82) is 0 Å². The molecule has 154 valence electrons. The standard InChI is InChI=1S/C20H32N4O.2ClH/c1-3-22(4-2)19(17-8-6-5-7-9-17)20(25)24-13-10-18(16-24)23-14-11-21-12-15-23;;/h5-9,18-19,21H,3-4,10-16H2,1-2H3;2*1H. The second kappa shape index (κ2) is 11.9. The van der Waals surface area contributed by atoms with E-state index >= 15 is 0 Å². The molecule has 0 bridgehead atoms. The largest absolute Gasteiger partial charge is 0.339 e. The van der Waals surface area contributed by atoms with Gasteiger partial charge in [-0.15, -0.1) is 24.8 Å². The fourth-order valence-corrected chi connectivity index (χ4v) is 4.19. The highest BCUT2D eigenvalue weighted by Gasteiger charge is 2.36. The summed E-state index contributed by atoms with van der Waals surface area (Å²) in [5.74, 6) is 0.271. The van der Waals surface area contributed by atoms with Gasteiger partial charge in [0.2, 0.25) is 5.91 Å². The van der Waals surface area contributed by atoms with Gasteiger partial charge in [-0.05, 0) is 25.1 Å². The lowest BCUT2D eigenvalue weighted by Crippen LogP contribution is -2.50. The molecule has 1 aromatic carbocycles. The molecular formula is C20H34Cl2N4O. The van der Waals surface area contributed by atoms with Gasteiger partial charge in [0.25, 0.3) is 0 Å². The number of carbonyl (C=O) groups excluding carboxylic acids is 1. The molecule has 2 heterocycles. The first kappa shape index (κ1) is 24.2. The van der Waals surface area contributed by atoms with E-state index in [1.54, 1.807) is 0 Å². The minimum atomic E-state index is -0.155. The Kier molecular flexibility index (Phi) is 10.6. The van der Waals surface area contributed by atoms with Crippen LogP contribution in [0.5, 0.6) is 0 Å². The highest BCUT2D eigenvalue weighted by molar-refractivity contribution is 5.85. The van der Waals surface area contributed by atoms with Crippen molar-refractivity contribution in [3.05, 3.63) is 35.9 Å². The third kappa shape index (κ3) is 5.81. The van der Waals surface area contributed by atoms with Crippen LogP contribution >= 0.6 is 24.8 Å². The Morgan fingerprint density at radius 3 is 2.33 bits per heavy atom. The Balaban J connectivity index is 0.00000182. The SMILES string of the molecule is CCN(CC)C(C(=O)N1CCC(N2CCNCC2)C1)c1ccccc1.Cl.Cl. The summed E-state index contributed by atoms with van der Waals surface area (Å²) < 4.78 is 0. The van der Waals surface area contributed by atoms with Gasteiger partial charge in [0, 0.05) is 45.3 Å². The third-order valence-corrected chi connectivity index (χ3v) is 5.67. The van der Waals surface area contributed by atoms with Crippen LogP contribution in [0.4, 0.5) is 0 Å². The molecule has 3 rings (SSSR count). The summed E-state index contributed by atoms with van der Waals surface area (Å²) in [7, 11) is 0. The van der Waals surface area contributed by atoms with Gasteiger partial charge < -0.3 is 10.2 Å². The maximum atomic E-state index is 13.4. The average molecular weight is 417 g/mol. The van der Waals surface area contributed by atoms with Gasteiger partial charge in [-0.25, -0.2) is 0 Å². The molecule has 0 aromatic heterocycles. The second-order valence-corrected chi connectivity index (χ2v) is 7.05. The highest BCUT2D eigenvalue weighted by Crippen LogP contribution is 2.26. The molecule has 1 N–H and O–H groups in total.